The molecule has 0 saturated heterocycles. The lowest BCUT2D eigenvalue weighted by atomic mass is 10.1. The zero-order valence-electron chi connectivity index (χ0n) is 24.8. The van der Waals surface area contributed by atoms with Crippen molar-refractivity contribution in [1.82, 2.24) is 14.9 Å². The number of halogens is 2. The fraction of sp³-hybridized carbons (Fsp3) is 0.273. The lowest BCUT2D eigenvalue weighted by Crippen LogP contribution is -2.26. The molecular weight excluding hydrogens is 603 g/mol. The van der Waals surface area contributed by atoms with E-state index in [1.807, 2.05) is 56.4 Å². The summed E-state index contributed by atoms with van der Waals surface area (Å²) in [6.07, 6.45) is 3.21. The van der Waals surface area contributed by atoms with E-state index in [4.69, 9.17) is 20.8 Å². The van der Waals surface area contributed by atoms with Gasteiger partial charge in [-0.1, -0.05) is 36.7 Å². The van der Waals surface area contributed by atoms with E-state index in [9.17, 15) is 12.8 Å². The average Bonchev–Trinajstić information content (AvgIpc) is 3.48. The van der Waals surface area contributed by atoms with Crippen LogP contribution in [0.5, 0.6) is 5.75 Å². The third kappa shape index (κ3) is 7.93. The summed E-state index contributed by atoms with van der Waals surface area (Å²) in [7, 11) is -1.14. The highest BCUT2D eigenvalue weighted by Crippen LogP contribution is 2.33. The summed E-state index contributed by atoms with van der Waals surface area (Å²) in [5, 5.41) is 4.66. The predicted octanol–water partition coefficient (Wildman–Crippen LogP) is 7.30. The molecule has 230 valence electrons. The van der Waals surface area contributed by atoms with Crippen LogP contribution in [0.3, 0.4) is 0 Å². The highest BCUT2D eigenvalue weighted by atomic mass is 35.5. The minimum absolute atomic E-state index is 0.0796. The van der Waals surface area contributed by atoms with E-state index >= 15 is 0 Å². The van der Waals surface area contributed by atoms with E-state index in [0.29, 0.717) is 40.9 Å². The summed E-state index contributed by atoms with van der Waals surface area (Å²) in [5.74, 6) is 2.33. The maximum Gasteiger partial charge on any atom is 0.147 e. The van der Waals surface area contributed by atoms with Crippen LogP contribution in [-0.4, -0.2) is 48.9 Å². The monoisotopic (exact) mass is 636 g/mol. The summed E-state index contributed by atoms with van der Waals surface area (Å²) in [5.41, 5.74) is 3.26. The molecule has 0 bridgehead atoms. The lowest BCUT2D eigenvalue weighted by Gasteiger charge is -2.24. The normalized spacial score (nSPS) is 12.5. The number of rotatable bonds is 13. The average molecular weight is 637 g/mol. The summed E-state index contributed by atoms with van der Waals surface area (Å²) in [6, 6.07) is 21.3. The quantitative estimate of drug-likeness (QED) is 0.144. The van der Waals surface area contributed by atoms with Crippen molar-refractivity contribution in [3.63, 3.8) is 0 Å². The maximum absolute atomic E-state index is 13.5. The molecule has 0 saturated carbocycles. The molecule has 1 N–H and O–H groups in total. The van der Waals surface area contributed by atoms with Gasteiger partial charge in [-0.3, -0.25) is 4.90 Å². The van der Waals surface area contributed by atoms with Gasteiger partial charge < -0.3 is 14.5 Å². The van der Waals surface area contributed by atoms with E-state index in [-0.39, 0.29) is 24.2 Å². The summed E-state index contributed by atoms with van der Waals surface area (Å²) < 4.78 is 49.2. The zero-order chi connectivity index (χ0) is 31.3. The van der Waals surface area contributed by atoms with Crippen LogP contribution in [0, 0.1) is 5.82 Å². The number of sulfone groups is 1. The molecule has 5 rings (SSSR count). The third-order valence-electron chi connectivity index (χ3n) is 7.41. The van der Waals surface area contributed by atoms with Gasteiger partial charge in [0.2, 0.25) is 0 Å². The van der Waals surface area contributed by atoms with Gasteiger partial charge in [0.25, 0.3) is 0 Å². The molecule has 1 atom stereocenters. The van der Waals surface area contributed by atoms with Crippen LogP contribution in [-0.2, 0) is 23.0 Å². The molecule has 11 heteroatoms. The van der Waals surface area contributed by atoms with Crippen molar-refractivity contribution < 1.29 is 22.0 Å². The number of hydrogen-bond donors (Lipinski definition) is 1. The molecule has 5 aromatic rings. The molecule has 8 nitrogen and oxygen atoms in total. The number of hydrogen-bond acceptors (Lipinski definition) is 8. The molecule has 0 radical (unpaired) electrons. The van der Waals surface area contributed by atoms with Gasteiger partial charge in [-0.25, -0.2) is 22.8 Å². The molecule has 0 aliphatic carbocycles. The zero-order valence-corrected chi connectivity index (χ0v) is 26.3. The molecule has 2 heterocycles. The van der Waals surface area contributed by atoms with Crippen molar-refractivity contribution >= 4 is 38.2 Å². The van der Waals surface area contributed by atoms with Gasteiger partial charge in [0.1, 0.15) is 51.7 Å². The number of aromatic nitrogens is 2. The van der Waals surface area contributed by atoms with Crippen LogP contribution in [0.15, 0.2) is 83.5 Å². The number of ether oxygens (including phenoxy) is 1. The first-order valence-electron chi connectivity index (χ1n) is 14.2. The Morgan fingerprint density at radius 3 is 2.64 bits per heavy atom. The van der Waals surface area contributed by atoms with Crippen molar-refractivity contribution in [2.75, 3.05) is 30.9 Å². The number of nitrogens with zero attached hydrogens (tertiary/aromatic N) is 3. The van der Waals surface area contributed by atoms with Gasteiger partial charge in [0.05, 0.1) is 22.3 Å². The van der Waals surface area contributed by atoms with Crippen LogP contribution in [0.4, 0.5) is 10.2 Å². The molecular formula is C33H34ClFN4O4S. The largest absolute Gasteiger partial charge is 0.487 e. The van der Waals surface area contributed by atoms with Gasteiger partial charge in [0.15, 0.2) is 0 Å². The summed E-state index contributed by atoms with van der Waals surface area (Å²) >= 11 is 6.49. The van der Waals surface area contributed by atoms with Crippen LogP contribution in [0.1, 0.15) is 36.3 Å². The molecule has 0 amide bonds. The molecule has 0 aliphatic rings. The van der Waals surface area contributed by atoms with E-state index in [0.717, 1.165) is 34.3 Å². The van der Waals surface area contributed by atoms with Crippen molar-refractivity contribution in [3.05, 3.63) is 107 Å². The fourth-order valence-corrected chi connectivity index (χ4v) is 5.82. The molecule has 0 fully saturated rings. The van der Waals surface area contributed by atoms with Crippen molar-refractivity contribution in [1.29, 1.82) is 0 Å². The second-order valence-corrected chi connectivity index (χ2v) is 13.4. The number of nitrogens with one attached hydrogen (secondary N) is 1. The first kappa shape index (κ1) is 31.4. The highest BCUT2D eigenvalue weighted by Gasteiger charge is 2.22. The second kappa shape index (κ2) is 13.8. The van der Waals surface area contributed by atoms with Gasteiger partial charge in [-0.2, -0.15) is 0 Å². The SMILES string of the molecule is CCN(C)C(CCS(C)(=O)=O)c1ccc(-c2ccc3ncnc(NCc4ccc(OCc5cccc(F)c5)c(Cl)c4)c3c2)o1. The first-order valence-corrected chi connectivity index (χ1v) is 16.7. The molecule has 0 aliphatic heterocycles. The van der Waals surface area contributed by atoms with E-state index in [2.05, 4.69) is 20.2 Å². The number of furan rings is 1. The minimum atomic E-state index is -3.10. The third-order valence-corrected chi connectivity index (χ3v) is 8.68. The van der Waals surface area contributed by atoms with Crippen molar-refractivity contribution in [3.8, 4) is 17.1 Å². The Morgan fingerprint density at radius 1 is 1.05 bits per heavy atom. The second-order valence-electron chi connectivity index (χ2n) is 10.7. The Hall–Kier alpha value is -3.99. The number of anilines is 1. The van der Waals surface area contributed by atoms with E-state index in [1.54, 1.807) is 18.2 Å². The van der Waals surface area contributed by atoms with E-state index < -0.39 is 9.84 Å². The summed E-state index contributed by atoms with van der Waals surface area (Å²) in [6.45, 7) is 3.44. The smallest absolute Gasteiger partial charge is 0.147 e. The van der Waals surface area contributed by atoms with Crippen LogP contribution in [0.2, 0.25) is 5.02 Å². The fourth-order valence-electron chi connectivity index (χ4n) is 4.91. The first-order chi connectivity index (χ1) is 21.1. The Labute approximate surface area is 261 Å². The van der Waals surface area contributed by atoms with Gasteiger partial charge >= 0.3 is 0 Å². The van der Waals surface area contributed by atoms with Crippen molar-refractivity contribution in [2.45, 2.75) is 32.5 Å². The van der Waals surface area contributed by atoms with E-state index in [1.165, 1.54) is 24.7 Å². The predicted molar refractivity (Wildman–Crippen MR) is 172 cm³/mol. The van der Waals surface area contributed by atoms with Crippen LogP contribution in [0.25, 0.3) is 22.2 Å². The molecule has 2 aromatic heterocycles. The summed E-state index contributed by atoms with van der Waals surface area (Å²) in [4.78, 5) is 11.0. The Morgan fingerprint density at radius 2 is 1.89 bits per heavy atom. The molecule has 0 spiro atoms. The van der Waals surface area contributed by atoms with Crippen LogP contribution < -0.4 is 10.1 Å². The molecule has 3 aromatic carbocycles. The molecule has 1 unspecified atom stereocenters. The van der Waals surface area contributed by atoms with Gasteiger partial charge in [-0.05, 0) is 85.7 Å². The number of fused-ring (bicyclic) bond motifs is 1. The topological polar surface area (TPSA) is 97.6 Å². The Bertz CT molecular complexity index is 1860. The number of benzene rings is 3. The van der Waals surface area contributed by atoms with Gasteiger partial charge in [0, 0.05) is 23.8 Å². The van der Waals surface area contributed by atoms with Gasteiger partial charge in [-0.15, -0.1) is 0 Å². The van der Waals surface area contributed by atoms with Crippen LogP contribution >= 0.6 is 11.6 Å². The minimum Gasteiger partial charge on any atom is -0.487 e. The lowest BCUT2D eigenvalue weighted by molar-refractivity contribution is 0.221. The maximum atomic E-state index is 13.5. The van der Waals surface area contributed by atoms with Crippen molar-refractivity contribution in [2.24, 2.45) is 0 Å². The molecule has 44 heavy (non-hydrogen) atoms. The highest BCUT2D eigenvalue weighted by molar-refractivity contribution is 7.90. The Kier molecular flexibility index (Phi) is 9.83. The standard InChI is InChI=1S/C33H34ClFN4O4S/c1-4-39(2)29(14-15-44(3,40)41)32-13-12-30(43-32)24-9-10-28-26(18-24)33(38-21-37-28)36-19-22-8-11-31(27(34)17-22)42-20-23-6-5-7-25(35)16-23/h5-13,16-18,21,29H,4,14-15,19-20H2,1-3H3,(H,36,37,38). The Balaban J connectivity index is 1.31.